The van der Waals surface area contributed by atoms with Gasteiger partial charge in [0, 0.05) is 32.7 Å². The number of aryl methyl sites for hydroxylation is 2. The molecule has 25 heavy (non-hydrogen) atoms. The fraction of sp³-hybridized carbons (Fsp3) is 0.600. The van der Waals surface area contributed by atoms with Crippen molar-refractivity contribution in [2.24, 2.45) is 0 Å². The van der Waals surface area contributed by atoms with E-state index in [1.54, 1.807) is 4.90 Å². The maximum Gasteiger partial charge on any atom is 0.307 e. The van der Waals surface area contributed by atoms with Gasteiger partial charge in [-0.25, -0.2) is 0 Å². The van der Waals surface area contributed by atoms with Crippen LogP contribution in [0.1, 0.15) is 43.7 Å². The van der Waals surface area contributed by atoms with Gasteiger partial charge in [-0.15, -0.1) is 0 Å². The molecule has 1 aromatic rings. The fourth-order valence-electron chi connectivity index (χ4n) is 2.55. The number of carbonyl (C=O) groups is 2. The zero-order valence-corrected chi connectivity index (χ0v) is 15.8. The quantitative estimate of drug-likeness (QED) is 0.430. The predicted octanol–water partition coefficient (Wildman–Crippen LogP) is 3.14. The number of esters is 1. The number of methoxy groups -OCH3 is 1. The molecule has 0 saturated carbocycles. The molecule has 5 nitrogen and oxygen atoms in total. The van der Waals surface area contributed by atoms with Crippen LogP contribution in [-0.4, -0.2) is 50.2 Å². The number of hydrogen-bond acceptors (Lipinski definition) is 4. The summed E-state index contributed by atoms with van der Waals surface area (Å²) < 4.78 is 10.00. The molecule has 0 spiro atoms. The number of hydrogen-bond donors (Lipinski definition) is 0. The summed E-state index contributed by atoms with van der Waals surface area (Å²) in [5, 5.41) is 0. The Kier molecular flexibility index (Phi) is 10.6. The van der Waals surface area contributed by atoms with Crippen LogP contribution in [0.5, 0.6) is 0 Å². The van der Waals surface area contributed by atoms with Gasteiger partial charge in [-0.3, -0.25) is 9.59 Å². The van der Waals surface area contributed by atoms with Gasteiger partial charge >= 0.3 is 5.97 Å². The molecule has 0 heterocycles. The monoisotopic (exact) mass is 349 g/mol. The van der Waals surface area contributed by atoms with Crippen molar-refractivity contribution in [1.82, 2.24) is 4.90 Å². The Hall–Kier alpha value is -1.88. The highest BCUT2D eigenvalue weighted by atomic mass is 16.5. The average Bonchev–Trinajstić information content (AvgIpc) is 2.62. The zero-order valence-electron chi connectivity index (χ0n) is 15.8. The van der Waals surface area contributed by atoms with Crippen LogP contribution < -0.4 is 0 Å². The van der Waals surface area contributed by atoms with E-state index in [4.69, 9.17) is 4.74 Å². The van der Waals surface area contributed by atoms with Crippen molar-refractivity contribution < 1.29 is 19.1 Å². The standard InChI is InChI=1S/C20H31NO4/c1-4-25-16-6-14-21(15-13-20(23)24-3)19(22)8-5-7-18-11-9-17(2)10-12-18/h9-12H,4-8,13-16H2,1-3H3. The molecule has 1 rings (SSSR count). The third-order valence-electron chi connectivity index (χ3n) is 4.06. The minimum atomic E-state index is -0.290. The maximum atomic E-state index is 12.5. The number of nitrogens with zero attached hydrogens (tertiary/aromatic N) is 1. The molecule has 5 heteroatoms. The fourth-order valence-corrected chi connectivity index (χ4v) is 2.55. The van der Waals surface area contributed by atoms with E-state index in [1.165, 1.54) is 18.2 Å². The number of amides is 1. The molecule has 0 fully saturated rings. The number of carbonyl (C=O) groups excluding carboxylic acids is 2. The topological polar surface area (TPSA) is 55.8 Å². The first-order valence-electron chi connectivity index (χ1n) is 9.04. The molecular weight excluding hydrogens is 318 g/mol. The van der Waals surface area contributed by atoms with Crippen molar-refractivity contribution in [1.29, 1.82) is 0 Å². The summed E-state index contributed by atoms with van der Waals surface area (Å²) in [6.45, 7) is 6.33. The lowest BCUT2D eigenvalue weighted by atomic mass is 10.1. The molecule has 0 aliphatic rings. The highest BCUT2D eigenvalue weighted by Gasteiger charge is 2.15. The van der Waals surface area contributed by atoms with E-state index in [2.05, 4.69) is 35.9 Å². The Labute approximate surface area is 151 Å². The van der Waals surface area contributed by atoms with E-state index in [0.717, 1.165) is 19.3 Å². The molecular formula is C20H31NO4. The van der Waals surface area contributed by atoms with E-state index >= 15 is 0 Å². The number of ether oxygens (including phenoxy) is 2. The second-order valence-electron chi connectivity index (χ2n) is 6.10. The minimum absolute atomic E-state index is 0.0903. The first-order valence-corrected chi connectivity index (χ1v) is 9.04. The van der Waals surface area contributed by atoms with E-state index in [-0.39, 0.29) is 18.3 Å². The van der Waals surface area contributed by atoms with Gasteiger partial charge in [-0.2, -0.15) is 0 Å². The Balaban J connectivity index is 2.42. The van der Waals surface area contributed by atoms with Crippen LogP contribution in [0, 0.1) is 6.92 Å². The van der Waals surface area contributed by atoms with E-state index in [0.29, 0.717) is 32.7 Å². The van der Waals surface area contributed by atoms with Crippen molar-refractivity contribution in [3.8, 4) is 0 Å². The first kappa shape index (κ1) is 21.2. The predicted molar refractivity (Wildman–Crippen MR) is 98.4 cm³/mol. The summed E-state index contributed by atoms with van der Waals surface area (Å²) in [7, 11) is 1.37. The van der Waals surface area contributed by atoms with Gasteiger partial charge in [0.2, 0.25) is 5.91 Å². The highest BCUT2D eigenvalue weighted by Crippen LogP contribution is 2.09. The van der Waals surface area contributed by atoms with Gasteiger partial charge in [-0.05, 0) is 38.7 Å². The van der Waals surface area contributed by atoms with Crippen molar-refractivity contribution in [2.45, 2.75) is 46.0 Å². The van der Waals surface area contributed by atoms with Crippen molar-refractivity contribution in [3.05, 3.63) is 35.4 Å². The molecule has 1 amide bonds. The average molecular weight is 349 g/mol. The molecule has 0 radical (unpaired) electrons. The van der Waals surface area contributed by atoms with E-state index < -0.39 is 0 Å². The first-order chi connectivity index (χ1) is 12.1. The summed E-state index contributed by atoms with van der Waals surface area (Å²) in [4.78, 5) is 25.6. The van der Waals surface area contributed by atoms with Gasteiger partial charge in [-0.1, -0.05) is 29.8 Å². The summed E-state index contributed by atoms with van der Waals surface area (Å²) in [5.41, 5.74) is 2.49. The van der Waals surface area contributed by atoms with Crippen LogP contribution in [-0.2, 0) is 25.5 Å². The van der Waals surface area contributed by atoms with Gasteiger partial charge in [0.15, 0.2) is 0 Å². The maximum absolute atomic E-state index is 12.5. The van der Waals surface area contributed by atoms with E-state index in [9.17, 15) is 9.59 Å². The van der Waals surface area contributed by atoms with Gasteiger partial charge < -0.3 is 14.4 Å². The van der Waals surface area contributed by atoms with Crippen LogP contribution in [0.3, 0.4) is 0 Å². The second kappa shape index (κ2) is 12.5. The molecule has 140 valence electrons. The number of benzene rings is 1. The Morgan fingerprint density at radius 1 is 1.04 bits per heavy atom. The molecule has 0 N–H and O–H groups in total. The van der Waals surface area contributed by atoms with Crippen LogP contribution >= 0.6 is 0 Å². The molecule has 0 saturated heterocycles. The molecule has 1 aromatic carbocycles. The second-order valence-corrected chi connectivity index (χ2v) is 6.10. The van der Waals surface area contributed by atoms with Crippen LogP contribution in [0.25, 0.3) is 0 Å². The Morgan fingerprint density at radius 2 is 1.76 bits per heavy atom. The van der Waals surface area contributed by atoms with E-state index in [1.807, 2.05) is 6.92 Å². The SMILES string of the molecule is CCOCCCN(CCC(=O)OC)C(=O)CCCc1ccc(C)cc1. The molecule has 0 aromatic heterocycles. The van der Waals surface area contributed by atoms with Crippen LogP contribution in [0.15, 0.2) is 24.3 Å². The third kappa shape index (κ3) is 9.25. The summed E-state index contributed by atoms with van der Waals surface area (Å²) in [6.07, 6.45) is 3.19. The smallest absolute Gasteiger partial charge is 0.307 e. The van der Waals surface area contributed by atoms with Gasteiger partial charge in [0.1, 0.15) is 0 Å². The summed E-state index contributed by atoms with van der Waals surface area (Å²) in [5.74, 6) is -0.199. The largest absolute Gasteiger partial charge is 0.469 e. The normalized spacial score (nSPS) is 10.5. The molecule has 0 aliphatic heterocycles. The lowest BCUT2D eigenvalue weighted by molar-refractivity contribution is -0.141. The molecule has 0 unspecified atom stereocenters. The number of rotatable bonds is 12. The van der Waals surface area contributed by atoms with Crippen LogP contribution in [0.4, 0.5) is 0 Å². The molecule has 0 bridgehead atoms. The van der Waals surface area contributed by atoms with Gasteiger partial charge in [0.05, 0.1) is 13.5 Å². The summed E-state index contributed by atoms with van der Waals surface area (Å²) in [6, 6.07) is 8.40. The third-order valence-corrected chi connectivity index (χ3v) is 4.06. The van der Waals surface area contributed by atoms with Gasteiger partial charge in [0.25, 0.3) is 0 Å². The van der Waals surface area contributed by atoms with Crippen LogP contribution in [0.2, 0.25) is 0 Å². The van der Waals surface area contributed by atoms with Crippen molar-refractivity contribution >= 4 is 11.9 Å². The Morgan fingerprint density at radius 3 is 2.40 bits per heavy atom. The highest BCUT2D eigenvalue weighted by molar-refractivity contribution is 5.77. The zero-order chi connectivity index (χ0) is 18.5. The van der Waals surface area contributed by atoms with Crippen molar-refractivity contribution in [2.75, 3.05) is 33.4 Å². The summed E-state index contributed by atoms with van der Waals surface area (Å²) >= 11 is 0. The lowest BCUT2D eigenvalue weighted by Gasteiger charge is -2.22. The molecule has 0 atom stereocenters. The molecule has 0 aliphatic carbocycles. The van der Waals surface area contributed by atoms with Crippen molar-refractivity contribution in [3.63, 3.8) is 0 Å². The lowest BCUT2D eigenvalue weighted by Crippen LogP contribution is -2.34. The Bertz CT molecular complexity index is 513. The minimum Gasteiger partial charge on any atom is -0.469 e.